The summed E-state index contributed by atoms with van der Waals surface area (Å²) in [6, 6.07) is 6.17. The monoisotopic (exact) mass is 275 g/mol. The third-order valence-electron chi connectivity index (χ3n) is 3.53. The molecule has 0 spiro atoms. The molecule has 1 aliphatic heterocycles. The first-order valence-corrected chi connectivity index (χ1v) is 6.73. The highest BCUT2D eigenvalue weighted by atomic mass is 16.6. The van der Waals surface area contributed by atoms with Crippen molar-refractivity contribution in [3.8, 4) is 11.8 Å². The number of nitrogens with zero attached hydrogens (tertiary/aromatic N) is 2. The summed E-state index contributed by atoms with van der Waals surface area (Å²) in [5.74, 6) is 0.858. The number of rotatable bonds is 5. The third-order valence-corrected chi connectivity index (χ3v) is 3.53. The van der Waals surface area contributed by atoms with Gasteiger partial charge in [-0.05, 0) is 50.4 Å². The Hall–Kier alpha value is -2.13. The Bertz CT molecular complexity index is 519. The Labute approximate surface area is 117 Å². The fourth-order valence-corrected chi connectivity index (χ4v) is 2.36. The average Bonchev–Trinajstić information content (AvgIpc) is 2.48. The van der Waals surface area contributed by atoms with Crippen LogP contribution in [0.2, 0.25) is 0 Å². The fourth-order valence-electron chi connectivity index (χ4n) is 2.36. The zero-order chi connectivity index (χ0) is 14.4. The van der Waals surface area contributed by atoms with E-state index in [4.69, 9.17) is 10.00 Å². The largest absolute Gasteiger partial charge is 0.487 e. The minimum absolute atomic E-state index is 0.144. The first-order chi connectivity index (χ1) is 9.70. The quantitative estimate of drug-likeness (QED) is 0.657. The summed E-state index contributed by atoms with van der Waals surface area (Å²) in [6.07, 6.45) is 3.15. The van der Waals surface area contributed by atoms with Crippen molar-refractivity contribution < 1.29 is 9.66 Å². The maximum atomic E-state index is 11.0. The van der Waals surface area contributed by atoms with Crippen LogP contribution in [-0.2, 0) is 0 Å². The lowest BCUT2D eigenvalue weighted by Gasteiger charge is -2.22. The number of nitro groups is 1. The van der Waals surface area contributed by atoms with Crippen LogP contribution in [0.4, 0.5) is 5.69 Å². The van der Waals surface area contributed by atoms with E-state index in [1.54, 1.807) is 0 Å². The van der Waals surface area contributed by atoms with Crippen molar-refractivity contribution in [2.24, 2.45) is 5.92 Å². The van der Waals surface area contributed by atoms with Crippen LogP contribution < -0.4 is 10.1 Å². The average molecular weight is 275 g/mol. The molecule has 1 saturated heterocycles. The lowest BCUT2D eigenvalue weighted by molar-refractivity contribution is -0.385. The smallest absolute Gasteiger partial charge is 0.312 e. The van der Waals surface area contributed by atoms with Gasteiger partial charge in [-0.3, -0.25) is 10.1 Å². The molecule has 0 bridgehead atoms. The predicted octanol–water partition coefficient (Wildman–Crippen LogP) is 2.23. The molecule has 1 aromatic rings. The maximum Gasteiger partial charge on any atom is 0.312 e. The maximum absolute atomic E-state index is 11.0. The van der Waals surface area contributed by atoms with Crippen LogP contribution in [0, 0.1) is 27.4 Å². The van der Waals surface area contributed by atoms with Gasteiger partial charge in [0.2, 0.25) is 0 Å². The molecule has 0 saturated carbocycles. The molecule has 0 amide bonds. The summed E-state index contributed by atoms with van der Waals surface area (Å²) in [5, 5.41) is 23.0. The van der Waals surface area contributed by atoms with E-state index < -0.39 is 4.92 Å². The number of nitriles is 1. The predicted molar refractivity (Wildman–Crippen MR) is 73.5 cm³/mol. The lowest BCUT2D eigenvalue weighted by Crippen LogP contribution is -2.28. The van der Waals surface area contributed by atoms with Crippen molar-refractivity contribution in [2.45, 2.75) is 19.3 Å². The van der Waals surface area contributed by atoms with Crippen LogP contribution >= 0.6 is 0 Å². The minimum Gasteiger partial charge on any atom is -0.487 e. The fraction of sp³-hybridized carbons (Fsp3) is 0.500. The Morgan fingerprint density at radius 1 is 1.45 bits per heavy atom. The molecule has 0 radical (unpaired) electrons. The molecule has 2 rings (SSSR count). The zero-order valence-corrected chi connectivity index (χ0v) is 11.2. The SMILES string of the molecule is N#Cc1ccc(OCCC2CCNCC2)c([N+](=O)[O-])c1. The number of nitro benzene ring substituents is 1. The lowest BCUT2D eigenvalue weighted by atomic mass is 9.95. The van der Waals surface area contributed by atoms with Gasteiger partial charge in [0, 0.05) is 6.07 Å². The second-order valence-electron chi connectivity index (χ2n) is 4.88. The highest BCUT2D eigenvalue weighted by molar-refractivity contribution is 5.51. The summed E-state index contributed by atoms with van der Waals surface area (Å²) in [5.41, 5.74) is 0.122. The molecule has 1 N–H and O–H groups in total. The van der Waals surface area contributed by atoms with E-state index in [0.29, 0.717) is 12.5 Å². The highest BCUT2D eigenvalue weighted by Crippen LogP contribution is 2.28. The first-order valence-electron chi connectivity index (χ1n) is 6.73. The van der Waals surface area contributed by atoms with Gasteiger partial charge in [-0.25, -0.2) is 0 Å². The number of hydrogen-bond acceptors (Lipinski definition) is 5. The summed E-state index contributed by atoms with van der Waals surface area (Å²) in [4.78, 5) is 10.4. The second kappa shape index (κ2) is 6.87. The summed E-state index contributed by atoms with van der Waals surface area (Å²) in [7, 11) is 0. The Morgan fingerprint density at radius 2 is 2.20 bits per heavy atom. The van der Waals surface area contributed by atoms with Crippen LogP contribution in [0.1, 0.15) is 24.8 Å². The van der Waals surface area contributed by atoms with Crippen molar-refractivity contribution in [1.29, 1.82) is 5.26 Å². The van der Waals surface area contributed by atoms with Crippen molar-refractivity contribution >= 4 is 5.69 Å². The molecule has 6 heteroatoms. The molecule has 1 fully saturated rings. The molecule has 0 unspecified atom stereocenters. The number of nitrogens with one attached hydrogen (secondary N) is 1. The molecule has 106 valence electrons. The summed E-state index contributed by atoms with van der Waals surface area (Å²) < 4.78 is 5.53. The molecule has 1 aliphatic rings. The van der Waals surface area contributed by atoms with E-state index in [2.05, 4.69) is 5.32 Å². The van der Waals surface area contributed by atoms with Gasteiger partial charge in [0.25, 0.3) is 0 Å². The van der Waals surface area contributed by atoms with E-state index in [1.807, 2.05) is 6.07 Å². The van der Waals surface area contributed by atoms with Crippen molar-refractivity contribution in [1.82, 2.24) is 5.32 Å². The Balaban J connectivity index is 1.94. The van der Waals surface area contributed by atoms with E-state index in [9.17, 15) is 10.1 Å². The normalized spacial score (nSPS) is 15.6. The van der Waals surface area contributed by atoms with Crippen molar-refractivity contribution in [3.63, 3.8) is 0 Å². The Morgan fingerprint density at radius 3 is 2.85 bits per heavy atom. The molecular weight excluding hydrogens is 258 g/mol. The molecule has 20 heavy (non-hydrogen) atoms. The molecule has 0 aromatic heterocycles. The van der Waals surface area contributed by atoms with E-state index >= 15 is 0 Å². The summed E-state index contributed by atoms with van der Waals surface area (Å²) >= 11 is 0. The zero-order valence-electron chi connectivity index (χ0n) is 11.2. The van der Waals surface area contributed by atoms with Crippen LogP contribution in [0.15, 0.2) is 18.2 Å². The van der Waals surface area contributed by atoms with Gasteiger partial charge in [-0.1, -0.05) is 0 Å². The molecule has 1 heterocycles. The van der Waals surface area contributed by atoms with Gasteiger partial charge in [0.15, 0.2) is 5.75 Å². The molecule has 1 aromatic carbocycles. The Kier molecular flexibility index (Phi) is 4.91. The number of hydrogen-bond donors (Lipinski definition) is 1. The highest BCUT2D eigenvalue weighted by Gasteiger charge is 2.17. The van der Waals surface area contributed by atoms with Gasteiger partial charge in [-0.2, -0.15) is 5.26 Å². The van der Waals surface area contributed by atoms with E-state index in [0.717, 1.165) is 32.4 Å². The number of benzene rings is 1. The first kappa shape index (κ1) is 14.3. The van der Waals surface area contributed by atoms with Gasteiger partial charge in [0.05, 0.1) is 23.2 Å². The van der Waals surface area contributed by atoms with Crippen molar-refractivity contribution in [2.75, 3.05) is 19.7 Å². The van der Waals surface area contributed by atoms with Gasteiger partial charge in [-0.15, -0.1) is 0 Å². The molecule has 0 atom stereocenters. The van der Waals surface area contributed by atoms with E-state index in [1.165, 1.54) is 18.2 Å². The summed E-state index contributed by atoms with van der Waals surface area (Å²) in [6.45, 7) is 2.53. The molecule has 0 aliphatic carbocycles. The number of ether oxygens (including phenoxy) is 1. The van der Waals surface area contributed by atoms with Gasteiger partial charge < -0.3 is 10.1 Å². The van der Waals surface area contributed by atoms with E-state index in [-0.39, 0.29) is 17.0 Å². The van der Waals surface area contributed by atoms with Crippen LogP contribution in [0.3, 0.4) is 0 Å². The topological polar surface area (TPSA) is 88.2 Å². The molecule has 6 nitrogen and oxygen atoms in total. The van der Waals surface area contributed by atoms with Crippen LogP contribution in [0.5, 0.6) is 5.75 Å². The second-order valence-corrected chi connectivity index (χ2v) is 4.88. The third kappa shape index (κ3) is 3.68. The van der Waals surface area contributed by atoms with Crippen LogP contribution in [-0.4, -0.2) is 24.6 Å². The van der Waals surface area contributed by atoms with Gasteiger partial charge >= 0.3 is 5.69 Å². The number of piperidine rings is 1. The van der Waals surface area contributed by atoms with Crippen LogP contribution in [0.25, 0.3) is 0 Å². The standard InChI is InChI=1S/C14H17N3O3/c15-10-12-1-2-14(13(9-12)17(18)19)20-8-5-11-3-6-16-7-4-11/h1-2,9,11,16H,3-8H2. The molecular formula is C14H17N3O3. The van der Waals surface area contributed by atoms with Gasteiger partial charge in [0.1, 0.15) is 0 Å². The minimum atomic E-state index is -0.513. The van der Waals surface area contributed by atoms with Crippen molar-refractivity contribution in [3.05, 3.63) is 33.9 Å².